The lowest BCUT2D eigenvalue weighted by Crippen LogP contribution is -2.45. The molecule has 2 aromatic rings. The molecular formula is C23H30ClN3O3. The summed E-state index contributed by atoms with van der Waals surface area (Å²) < 4.78 is 5.50. The number of nitrogens with one attached hydrogen (secondary N) is 3. The van der Waals surface area contributed by atoms with Crippen molar-refractivity contribution in [3.63, 3.8) is 0 Å². The quantitative estimate of drug-likeness (QED) is 0.544. The normalized spacial score (nSPS) is 11.5. The van der Waals surface area contributed by atoms with Gasteiger partial charge in [0, 0.05) is 10.7 Å². The van der Waals surface area contributed by atoms with Crippen molar-refractivity contribution in [2.45, 2.75) is 46.5 Å². The van der Waals surface area contributed by atoms with Gasteiger partial charge in [-0.05, 0) is 59.2 Å². The van der Waals surface area contributed by atoms with E-state index in [2.05, 4.69) is 50.8 Å². The number of hydrogen-bond donors (Lipinski definition) is 3. The molecule has 3 amide bonds. The van der Waals surface area contributed by atoms with E-state index in [0.29, 0.717) is 16.5 Å². The van der Waals surface area contributed by atoms with Crippen molar-refractivity contribution in [1.82, 2.24) is 10.9 Å². The van der Waals surface area contributed by atoms with E-state index >= 15 is 0 Å². The molecule has 0 aliphatic rings. The molecule has 30 heavy (non-hydrogen) atoms. The van der Waals surface area contributed by atoms with Crippen LogP contribution in [0, 0.1) is 5.41 Å². The van der Waals surface area contributed by atoms with Crippen molar-refractivity contribution < 1.29 is 14.3 Å². The van der Waals surface area contributed by atoms with Crippen molar-refractivity contribution in [3.05, 3.63) is 59.1 Å². The van der Waals surface area contributed by atoms with Crippen LogP contribution >= 0.6 is 11.6 Å². The number of urea groups is 1. The predicted octanol–water partition coefficient (Wildman–Crippen LogP) is 5.29. The Morgan fingerprint density at radius 2 is 1.50 bits per heavy atom. The Hall–Kier alpha value is -2.73. The van der Waals surface area contributed by atoms with Crippen molar-refractivity contribution in [2.75, 3.05) is 11.9 Å². The van der Waals surface area contributed by atoms with Gasteiger partial charge in [0.05, 0.1) is 0 Å². The van der Waals surface area contributed by atoms with Gasteiger partial charge in [-0.2, -0.15) is 0 Å². The van der Waals surface area contributed by atoms with E-state index in [4.69, 9.17) is 16.3 Å². The fraction of sp³-hybridized carbons (Fsp3) is 0.391. The number of hydrazine groups is 1. The molecular weight excluding hydrogens is 402 g/mol. The zero-order valence-electron chi connectivity index (χ0n) is 18.1. The molecule has 0 fully saturated rings. The summed E-state index contributed by atoms with van der Waals surface area (Å²) in [5, 5.41) is 3.14. The average Bonchev–Trinajstić information content (AvgIpc) is 2.65. The number of ether oxygens (including phenoxy) is 1. The first-order valence-electron chi connectivity index (χ1n) is 9.79. The second-order valence-corrected chi connectivity index (χ2v) is 9.51. The second-order valence-electron chi connectivity index (χ2n) is 9.07. The van der Waals surface area contributed by atoms with Crippen LogP contribution in [0.15, 0.2) is 48.5 Å². The first kappa shape index (κ1) is 23.5. The van der Waals surface area contributed by atoms with Crippen LogP contribution in [0.5, 0.6) is 5.75 Å². The maximum Gasteiger partial charge on any atom is 0.337 e. The van der Waals surface area contributed by atoms with Crippen LogP contribution in [0.3, 0.4) is 0 Å². The zero-order chi connectivity index (χ0) is 22.4. The monoisotopic (exact) mass is 431 g/mol. The largest absolute Gasteiger partial charge is 0.484 e. The van der Waals surface area contributed by atoms with E-state index < -0.39 is 11.9 Å². The second kappa shape index (κ2) is 9.85. The fourth-order valence-electron chi connectivity index (χ4n) is 3.44. The molecule has 0 aromatic heterocycles. The molecule has 0 atom stereocenters. The third-order valence-electron chi connectivity index (χ3n) is 4.40. The van der Waals surface area contributed by atoms with Crippen LogP contribution in [-0.4, -0.2) is 18.5 Å². The molecule has 2 rings (SSSR count). The molecule has 2 aromatic carbocycles. The maximum absolute atomic E-state index is 11.9. The van der Waals surface area contributed by atoms with Gasteiger partial charge in [-0.25, -0.2) is 10.2 Å². The van der Waals surface area contributed by atoms with Gasteiger partial charge in [0.2, 0.25) is 0 Å². The van der Waals surface area contributed by atoms with E-state index in [0.717, 1.165) is 6.42 Å². The molecule has 7 heteroatoms. The Morgan fingerprint density at radius 3 is 2.07 bits per heavy atom. The zero-order valence-corrected chi connectivity index (χ0v) is 18.9. The summed E-state index contributed by atoms with van der Waals surface area (Å²) in [6.07, 6.45) is 1.05. The standard InChI is InChI=1S/C23H30ClN3O3/c1-22(2,3)15-23(4,5)16-6-12-19(13-7-16)30-14-20(28)26-27-21(29)25-18-10-8-17(24)9-11-18/h6-13H,14-15H2,1-5H3,(H,26,28)(H2,25,27,29). The van der Waals surface area contributed by atoms with Crippen LogP contribution in [0.4, 0.5) is 10.5 Å². The van der Waals surface area contributed by atoms with E-state index in [9.17, 15) is 9.59 Å². The Kier molecular flexibility index (Phi) is 7.73. The number of hydrogen-bond acceptors (Lipinski definition) is 3. The van der Waals surface area contributed by atoms with Gasteiger partial charge in [0.25, 0.3) is 5.91 Å². The predicted molar refractivity (Wildman–Crippen MR) is 121 cm³/mol. The summed E-state index contributed by atoms with van der Waals surface area (Å²) in [5.41, 5.74) is 6.60. The molecule has 0 saturated heterocycles. The minimum absolute atomic E-state index is 0.0372. The smallest absolute Gasteiger partial charge is 0.337 e. The van der Waals surface area contributed by atoms with Gasteiger partial charge in [0.15, 0.2) is 6.61 Å². The summed E-state index contributed by atoms with van der Waals surface area (Å²) in [7, 11) is 0. The molecule has 0 aliphatic carbocycles. The molecule has 0 heterocycles. The number of amides is 3. The van der Waals surface area contributed by atoms with Gasteiger partial charge < -0.3 is 10.1 Å². The Morgan fingerprint density at radius 1 is 0.900 bits per heavy atom. The van der Waals surface area contributed by atoms with Gasteiger partial charge in [0.1, 0.15) is 5.75 Å². The summed E-state index contributed by atoms with van der Waals surface area (Å²) >= 11 is 5.79. The highest BCUT2D eigenvalue weighted by Crippen LogP contribution is 2.36. The number of anilines is 1. The molecule has 162 valence electrons. The minimum Gasteiger partial charge on any atom is -0.484 e. The number of carbonyl (C=O) groups is 2. The Bertz CT molecular complexity index is 857. The summed E-state index contributed by atoms with van der Waals surface area (Å²) in [6, 6.07) is 13.8. The number of halogens is 1. The molecule has 0 bridgehead atoms. The first-order valence-corrected chi connectivity index (χ1v) is 10.2. The molecule has 0 unspecified atom stereocenters. The Balaban J connectivity index is 1.77. The van der Waals surface area contributed by atoms with Crippen LogP contribution in [0.1, 0.15) is 46.6 Å². The van der Waals surface area contributed by atoms with Gasteiger partial charge in [-0.1, -0.05) is 58.4 Å². The number of carbonyl (C=O) groups excluding carboxylic acids is 2. The highest BCUT2D eigenvalue weighted by Gasteiger charge is 2.27. The third kappa shape index (κ3) is 7.95. The molecule has 0 spiro atoms. The first-order chi connectivity index (χ1) is 13.9. The highest BCUT2D eigenvalue weighted by molar-refractivity contribution is 6.30. The minimum atomic E-state index is -0.573. The van der Waals surface area contributed by atoms with Crippen molar-refractivity contribution in [1.29, 1.82) is 0 Å². The highest BCUT2D eigenvalue weighted by atomic mass is 35.5. The van der Waals surface area contributed by atoms with Crippen LogP contribution in [0.2, 0.25) is 5.02 Å². The lowest BCUT2D eigenvalue weighted by atomic mass is 9.72. The molecule has 0 saturated carbocycles. The third-order valence-corrected chi connectivity index (χ3v) is 4.65. The van der Waals surface area contributed by atoms with Gasteiger partial charge in [-0.3, -0.25) is 10.2 Å². The lowest BCUT2D eigenvalue weighted by Gasteiger charge is -2.33. The summed E-state index contributed by atoms with van der Waals surface area (Å²) in [4.78, 5) is 23.7. The summed E-state index contributed by atoms with van der Waals surface area (Å²) in [5.74, 6) is 0.115. The number of benzene rings is 2. The molecule has 3 N–H and O–H groups in total. The van der Waals surface area contributed by atoms with Crippen molar-refractivity contribution >= 4 is 29.2 Å². The molecule has 0 radical (unpaired) electrons. The van der Waals surface area contributed by atoms with Crippen molar-refractivity contribution in [2.24, 2.45) is 5.41 Å². The van der Waals surface area contributed by atoms with E-state index in [1.54, 1.807) is 24.3 Å². The SMILES string of the molecule is CC(C)(C)CC(C)(C)c1ccc(OCC(=O)NNC(=O)Nc2ccc(Cl)cc2)cc1. The molecule has 0 aliphatic heterocycles. The van der Waals surface area contributed by atoms with E-state index in [-0.39, 0.29) is 17.4 Å². The van der Waals surface area contributed by atoms with E-state index in [1.807, 2.05) is 24.3 Å². The topological polar surface area (TPSA) is 79.5 Å². The summed E-state index contributed by atoms with van der Waals surface area (Å²) in [6.45, 7) is 10.9. The lowest BCUT2D eigenvalue weighted by molar-refractivity contribution is -0.123. The fourth-order valence-corrected chi connectivity index (χ4v) is 3.56. The van der Waals surface area contributed by atoms with Gasteiger partial charge >= 0.3 is 6.03 Å². The van der Waals surface area contributed by atoms with Crippen molar-refractivity contribution in [3.8, 4) is 5.75 Å². The number of rotatable bonds is 6. The van der Waals surface area contributed by atoms with E-state index in [1.165, 1.54) is 5.56 Å². The Labute approximate surface area is 183 Å². The van der Waals surface area contributed by atoms with Crippen LogP contribution in [-0.2, 0) is 10.2 Å². The maximum atomic E-state index is 11.9. The molecule has 6 nitrogen and oxygen atoms in total. The van der Waals surface area contributed by atoms with Gasteiger partial charge in [-0.15, -0.1) is 0 Å². The van der Waals surface area contributed by atoms with Crippen LogP contribution in [0.25, 0.3) is 0 Å². The van der Waals surface area contributed by atoms with Crippen LogP contribution < -0.4 is 20.9 Å². The average molecular weight is 432 g/mol.